The van der Waals surface area contributed by atoms with Gasteiger partial charge in [0.1, 0.15) is 5.82 Å². The molecule has 0 amide bonds. The Kier molecular flexibility index (Phi) is 4.30. The Morgan fingerprint density at radius 3 is 2.53 bits per heavy atom. The lowest BCUT2D eigenvalue weighted by molar-refractivity contribution is 0.922. The third kappa shape index (κ3) is 3.66. The van der Waals surface area contributed by atoms with Crippen LogP contribution in [0.3, 0.4) is 0 Å². The molecule has 5 nitrogen and oxygen atoms in total. The molecule has 0 bridgehead atoms. The summed E-state index contributed by atoms with van der Waals surface area (Å²) in [6, 6.07) is 10.2. The zero-order chi connectivity index (χ0) is 13.7. The van der Waals surface area contributed by atoms with E-state index in [0.29, 0.717) is 5.95 Å². The first-order valence-electron chi connectivity index (χ1n) is 6.39. The molecule has 2 aromatic rings. The third-order valence-corrected chi connectivity index (χ3v) is 2.75. The van der Waals surface area contributed by atoms with E-state index in [1.54, 1.807) is 0 Å². The zero-order valence-corrected chi connectivity index (χ0v) is 11.3. The number of hydrogen-bond donors (Lipinski definition) is 3. The number of nitrogens with two attached hydrogens (primary N) is 1. The summed E-state index contributed by atoms with van der Waals surface area (Å²) in [5.41, 5.74) is 5.66. The highest BCUT2D eigenvalue weighted by Gasteiger charge is 2.01. The zero-order valence-electron chi connectivity index (χ0n) is 11.3. The van der Waals surface area contributed by atoms with Crippen molar-refractivity contribution in [3.05, 3.63) is 41.6 Å². The van der Waals surface area contributed by atoms with Crippen molar-refractivity contribution in [2.24, 2.45) is 5.84 Å². The smallest absolute Gasteiger partial charge is 0.239 e. The second-order valence-corrected chi connectivity index (χ2v) is 4.43. The molecule has 1 aromatic carbocycles. The van der Waals surface area contributed by atoms with Crippen molar-refractivity contribution in [1.82, 2.24) is 9.97 Å². The minimum Gasteiger partial charge on any atom is -0.340 e. The summed E-state index contributed by atoms with van der Waals surface area (Å²) < 4.78 is 0. The largest absolute Gasteiger partial charge is 0.340 e. The molecule has 0 aliphatic heterocycles. The van der Waals surface area contributed by atoms with E-state index in [-0.39, 0.29) is 0 Å². The van der Waals surface area contributed by atoms with Crippen LogP contribution in [0.2, 0.25) is 0 Å². The molecule has 2 rings (SSSR count). The quantitative estimate of drug-likeness (QED) is 0.567. The molecule has 0 saturated carbocycles. The average molecular weight is 257 g/mol. The van der Waals surface area contributed by atoms with E-state index in [1.807, 2.05) is 13.0 Å². The van der Waals surface area contributed by atoms with Crippen LogP contribution in [0, 0.1) is 6.92 Å². The van der Waals surface area contributed by atoms with Gasteiger partial charge >= 0.3 is 0 Å². The molecule has 4 N–H and O–H groups in total. The molecular weight excluding hydrogens is 238 g/mol. The molecule has 0 atom stereocenters. The highest BCUT2D eigenvalue weighted by molar-refractivity contribution is 5.57. The lowest BCUT2D eigenvalue weighted by atomic mass is 10.1. The van der Waals surface area contributed by atoms with E-state index in [1.165, 1.54) is 5.56 Å². The van der Waals surface area contributed by atoms with Crippen LogP contribution in [0.4, 0.5) is 17.5 Å². The topological polar surface area (TPSA) is 75.9 Å². The number of aryl methyl sites for hydroxylation is 2. The Morgan fingerprint density at radius 1 is 1.16 bits per heavy atom. The van der Waals surface area contributed by atoms with Crippen molar-refractivity contribution in [3.63, 3.8) is 0 Å². The van der Waals surface area contributed by atoms with Gasteiger partial charge in [0.25, 0.3) is 0 Å². The maximum Gasteiger partial charge on any atom is 0.239 e. The van der Waals surface area contributed by atoms with Crippen LogP contribution >= 0.6 is 0 Å². The molecule has 0 saturated heterocycles. The van der Waals surface area contributed by atoms with Gasteiger partial charge in [-0.05, 0) is 31.0 Å². The summed E-state index contributed by atoms with van der Waals surface area (Å²) in [5, 5.41) is 3.24. The van der Waals surface area contributed by atoms with Gasteiger partial charge in [-0.2, -0.15) is 4.98 Å². The van der Waals surface area contributed by atoms with Crippen LogP contribution in [0.15, 0.2) is 30.3 Å². The van der Waals surface area contributed by atoms with Crippen molar-refractivity contribution in [1.29, 1.82) is 0 Å². The maximum absolute atomic E-state index is 5.33. The number of hydrazine groups is 1. The predicted molar refractivity (Wildman–Crippen MR) is 78.3 cm³/mol. The Balaban J connectivity index is 2.14. The van der Waals surface area contributed by atoms with Gasteiger partial charge in [0.2, 0.25) is 5.95 Å². The fourth-order valence-corrected chi connectivity index (χ4v) is 1.89. The maximum atomic E-state index is 5.33. The van der Waals surface area contributed by atoms with Gasteiger partial charge in [0, 0.05) is 17.4 Å². The fourth-order valence-electron chi connectivity index (χ4n) is 1.89. The number of rotatable bonds is 5. The van der Waals surface area contributed by atoms with E-state index < -0.39 is 0 Å². The minimum absolute atomic E-state index is 0.408. The van der Waals surface area contributed by atoms with Crippen molar-refractivity contribution < 1.29 is 0 Å². The highest BCUT2D eigenvalue weighted by Crippen LogP contribution is 2.17. The molecule has 0 unspecified atom stereocenters. The molecule has 19 heavy (non-hydrogen) atoms. The summed E-state index contributed by atoms with van der Waals surface area (Å²) in [7, 11) is 0. The number of nitrogens with one attached hydrogen (secondary N) is 2. The Morgan fingerprint density at radius 2 is 1.89 bits per heavy atom. The number of nitrogens with zero attached hydrogens (tertiary/aromatic N) is 2. The molecule has 5 heteroatoms. The first-order valence-corrected chi connectivity index (χ1v) is 6.39. The number of benzene rings is 1. The van der Waals surface area contributed by atoms with Crippen molar-refractivity contribution in [2.45, 2.75) is 26.7 Å². The normalized spacial score (nSPS) is 10.3. The monoisotopic (exact) mass is 257 g/mol. The van der Waals surface area contributed by atoms with Crippen LogP contribution in [-0.2, 0) is 6.42 Å². The second kappa shape index (κ2) is 6.15. The Bertz CT molecular complexity index is 536. The van der Waals surface area contributed by atoms with E-state index in [4.69, 9.17) is 5.84 Å². The van der Waals surface area contributed by atoms with Gasteiger partial charge in [-0.15, -0.1) is 0 Å². The fraction of sp³-hybridized carbons (Fsp3) is 0.286. The summed E-state index contributed by atoms with van der Waals surface area (Å²) in [4.78, 5) is 8.39. The molecule has 100 valence electrons. The van der Waals surface area contributed by atoms with E-state index in [9.17, 15) is 0 Å². The van der Waals surface area contributed by atoms with Crippen molar-refractivity contribution in [3.8, 4) is 0 Å². The standard InChI is InChI=1S/C14H19N5/c1-3-4-11-5-7-12(8-6-11)17-13-9-10(2)16-14(18-13)19-15/h5-9H,3-4,15H2,1-2H3,(H2,16,17,18,19). The number of aromatic nitrogens is 2. The molecule has 0 spiro atoms. The minimum atomic E-state index is 0.408. The summed E-state index contributed by atoms with van der Waals surface area (Å²) >= 11 is 0. The van der Waals surface area contributed by atoms with Crippen LogP contribution in [-0.4, -0.2) is 9.97 Å². The summed E-state index contributed by atoms with van der Waals surface area (Å²) in [5.74, 6) is 6.46. The van der Waals surface area contributed by atoms with Crippen LogP contribution < -0.4 is 16.6 Å². The van der Waals surface area contributed by atoms with E-state index in [2.05, 4.69) is 51.9 Å². The van der Waals surface area contributed by atoms with Crippen LogP contribution in [0.25, 0.3) is 0 Å². The molecule has 0 fully saturated rings. The van der Waals surface area contributed by atoms with Gasteiger partial charge in [-0.3, -0.25) is 5.43 Å². The Labute approximate surface area is 113 Å². The van der Waals surface area contributed by atoms with Crippen LogP contribution in [0.5, 0.6) is 0 Å². The van der Waals surface area contributed by atoms with Gasteiger partial charge in [0.15, 0.2) is 0 Å². The van der Waals surface area contributed by atoms with Gasteiger partial charge in [-0.1, -0.05) is 25.5 Å². The first kappa shape index (κ1) is 13.3. The number of anilines is 3. The summed E-state index contributed by atoms with van der Waals surface area (Å²) in [6.45, 7) is 4.08. The van der Waals surface area contributed by atoms with Crippen LogP contribution in [0.1, 0.15) is 24.6 Å². The van der Waals surface area contributed by atoms with Crippen molar-refractivity contribution in [2.75, 3.05) is 10.7 Å². The Hall–Kier alpha value is -2.14. The predicted octanol–water partition coefficient (Wildman–Crippen LogP) is 2.77. The number of nitrogen functional groups attached to an aromatic ring is 1. The summed E-state index contributed by atoms with van der Waals surface area (Å²) in [6.07, 6.45) is 2.26. The first-order chi connectivity index (χ1) is 9.21. The molecular formula is C14H19N5. The number of hydrogen-bond acceptors (Lipinski definition) is 5. The average Bonchev–Trinajstić information content (AvgIpc) is 2.40. The molecule has 0 aliphatic rings. The van der Waals surface area contributed by atoms with Gasteiger partial charge in [-0.25, -0.2) is 10.8 Å². The van der Waals surface area contributed by atoms with Crippen molar-refractivity contribution >= 4 is 17.5 Å². The molecule has 0 radical (unpaired) electrons. The molecule has 1 aromatic heterocycles. The van der Waals surface area contributed by atoms with Gasteiger partial charge in [0.05, 0.1) is 0 Å². The lowest BCUT2D eigenvalue weighted by Crippen LogP contribution is -2.11. The van der Waals surface area contributed by atoms with E-state index in [0.717, 1.165) is 30.0 Å². The molecule has 0 aliphatic carbocycles. The van der Waals surface area contributed by atoms with Gasteiger partial charge < -0.3 is 5.32 Å². The second-order valence-electron chi connectivity index (χ2n) is 4.43. The lowest BCUT2D eigenvalue weighted by Gasteiger charge is -2.08. The van der Waals surface area contributed by atoms with E-state index >= 15 is 0 Å². The molecule has 1 heterocycles. The third-order valence-electron chi connectivity index (χ3n) is 2.75. The highest BCUT2D eigenvalue weighted by atomic mass is 15.3. The SMILES string of the molecule is CCCc1ccc(Nc2cc(C)nc(NN)n2)cc1.